The summed E-state index contributed by atoms with van der Waals surface area (Å²) in [4.78, 5) is 0. The Morgan fingerprint density at radius 1 is 1.14 bits per heavy atom. The van der Waals surface area contributed by atoms with Crippen molar-refractivity contribution >= 4 is 21.4 Å². The molecule has 0 unspecified atom stereocenters. The lowest BCUT2D eigenvalue weighted by Gasteiger charge is -2.03. The summed E-state index contributed by atoms with van der Waals surface area (Å²) in [6.07, 6.45) is -2.99. The van der Waals surface area contributed by atoms with Crippen molar-refractivity contribution in [1.29, 1.82) is 0 Å². The number of alkyl halides is 2. The highest BCUT2D eigenvalue weighted by Crippen LogP contribution is 2.32. The average molecular weight is 220 g/mol. The molecule has 0 saturated heterocycles. The van der Waals surface area contributed by atoms with Gasteiger partial charge in [0.2, 0.25) is 0 Å². The molecule has 0 fully saturated rings. The van der Waals surface area contributed by atoms with Crippen LogP contribution in [0.15, 0.2) is 17.5 Å². The highest BCUT2D eigenvalue weighted by Gasteiger charge is 2.20. The van der Waals surface area contributed by atoms with Gasteiger partial charge in [0.05, 0.1) is 5.56 Å². The Balaban J connectivity index is 2.80. The summed E-state index contributed by atoms with van der Waals surface area (Å²) in [5.74, 6) is -2.65. The lowest BCUT2D eigenvalue weighted by Crippen LogP contribution is -1.94. The van der Waals surface area contributed by atoms with E-state index in [1.54, 1.807) is 0 Å². The van der Waals surface area contributed by atoms with Gasteiger partial charge < -0.3 is 0 Å². The molecule has 0 aliphatic heterocycles. The summed E-state index contributed by atoms with van der Waals surface area (Å²) < 4.78 is 51.0. The fourth-order valence-electron chi connectivity index (χ4n) is 1.22. The van der Waals surface area contributed by atoms with Crippen molar-refractivity contribution in [2.75, 3.05) is 0 Å². The van der Waals surface area contributed by atoms with Crippen molar-refractivity contribution in [1.82, 2.24) is 0 Å². The number of rotatable bonds is 1. The molecule has 0 aliphatic carbocycles. The van der Waals surface area contributed by atoms with Gasteiger partial charge in [0.25, 0.3) is 6.43 Å². The molecular formula is C9H4F4S. The Kier molecular flexibility index (Phi) is 2.19. The average Bonchev–Trinajstić information content (AvgIpc) is 2.58. The summed E-state index contributed by atoms with van der Waals surface area (Å²) >= 11 is 1.10. The molecule has 0 bridgehead atoms. The molecule has 0 spiro atoms. The Morgan fingerprint density at radius 3 is 2.50 bits per heavy atom. The van der Waals surface area contributed by atoms with E-state index in [0.717, 1.165) is 17.4 Å². The topological polar surface area (TPSA) is 0 Å². The molecule has 5 heteroatoms. The van der Waals surface area contributed by atoms with Gasteiger partial charge in [-0.1, -0.05) is 0 Å². The van der Waals surface area contributed by atoms with Crippen molar-refractivity contribution < 1.29 is 17.6 Å². The summed E-state index contributed by atoms with van der Waals surface area (Å²) in [6.45, 7) is 0. The van der Waals surface area contributed by atoms with Crippen LogP contribution in [0.4, 0.5) is 17.6 Å². The van der Waals surface area contributed by atoms with Gasteiger partial charge in [0.15, 0.2) is 11.6 Å². The van der Waals surface area contributed by atoms with Gasteiger partial charge in [-0.15, -0.1) is 11.3 Å². The van der Waals surface area contributed by atoms with Crippen molar-refractivity contribution in [3.05, 3.63) is 34.7 Å². The normalized spacial score (nSPS) is 11.5. The maximum Gasteiger partial charge on any atom is 0.266 e. The van der Waals surface area contributed by atoms with Crippen molar-refractivity contribution in [2.24, 2.45) is 0 Å². The molecule has 0 amide bonds. The molecule has 14 heavy (non-hydrogen) atoms. The van der Waals surface area contributed by atoms with E-state index >= 15 is 0 Å². The first kappa shape index (κ1) is 9.45. The molecular weight excluding hydrogens is 216 g/mol. The molecule has 0 nitrogen and oxygen atoms in total. The molecule has 1 heterocycles. The molecule has 1 aromatic carbocycles. The van der Waals surface area contributed by atoms with Crippen LogP contribution in [-0.2, 0) is 0 Å². The fourth-order valence-corrected chi connectivity index (χ4v) is 2.05. The fraction of sp³-hybridized carbons (Fsp3) is 0.111. The monoisotopic (exact) mass is 220 g/mol. The maximum absolute atomic E-state index is 13.2. The van der Waals surface area contributed by atoms with Crippen LogP contribution in [0, 0.1) is 11.6 Å². The summed E-state index contributed by atoms with van der Waals surface area (Å²) in [6, 6.07) is 2.36. The van der Waals surface area contributed by atoms with E-state index in [4.69, 9.17) is 0 Å². The largest absolute Gasteiger partial charge is 0.266 e. The number of fused-ring (bicyclic) bond motifs is 1. The third kappa shape index (κ3) is 1.28. The van der Waals surface area contributed by atoms with Crippen LogP contribution in [0.25, 0.3) is 10.1 Å². The van der Waals surface area contributed by atoms with Crippen molar-refractivity contribution in [3.63, 3.8) is 0 Å². The Morgan fingerprint density at radius 2 is 1.86 bits per heavy atom. The Bertz CT molecular complexity index is 475. The van der Waals surface area contributed by atoms with Crippen LogP contribution in [0.2, 0.25) is 0 Å². The predicted molar refractivity (Wildman–Crippen MR) is 46.7 cm³/mol. The van der Waals surface area contributed by atoms with Gasteiger partial charge in [-0.2, -0.15) is 0 Å². The number of hydrogen-bond acceptors (Lipinski definition) is 1. The first-order chi connectivity index (χ1) is 6.61. The second-order valence-electron chi connectivity index (χ2n) is 2.73. The molecule has 74 valence electrons. The Labute approximate surface area is 80.8 Å². The van der Waals surface area contributed by atoms with E-state index in [2.05, 4.69) is 0 Å². The van der Waals surface area contributed by atoms with E-state index in [-0.39, 0.29) is 5.39 Å². The lowest BCUT2D eigenvalue weighted by atomic mass is 10.1. The summed E-state index contributed by atoms with van der Waals surface area (Å²) in [7, 11) is 0. The second-order valence-corrected chi connectivity index (χ2v) is 3.67. The van der Waals surface area contributed by atoms with Crippen LogP contribution < -0.4 is 0 Å². The van der Waals surface area contributed by atoms with Crippen molar-refractivity contribution in [2.45, 2.75) is 6.43 Å². The summed E-state index contributed by atoms with van der Waals surface area (Å²) in [5, 5.41) is 1.58. The standard InChI is InChI=1S/C9H4F4S/c10-7-4-1-2-14-6(4)3-5(8(7)11)9(12)13/h1-3,9H. The third-order valence-electron chi connectivity index (χ3n) is 1.90. The molecule has 2 aromatic rings. The van der Waals surface area contributed by atoms with Crippen LogP contribution in [-0.4, -0.2) is 0 Å². The van der Waals surface area contributed by atoms with Gasteiger partial charge in [-0.25, -0.2) is 17.6 Å². The molecule has 0 aliphatic rings. The number of thiophene rings is 1. The van der Waals surface area contributed by atoms with Gasteiger partial charge in [0, 0.05) is 10.1 Å². The van der Waals surface area contributed by atoms with Gasteiger partial charge in [-0.3, -0.25) is 0 Å². The minimum Gasteiger partial charge on any atom is -0.205 e. The van der Waals surface area contributed by atoms with Gasteiger partial charge in [-0.05, 0) is 17.5 Å². The molecule has 1 aromatic heterocycles. The van der Waals surface area contributed by atoms with Gasteiger partial charge in [0.1, 0.15) is 0 Å². The zero-order valence-electron chi connectivity index (χ0n) is 6.73. The van der Waals surface area contributed by atoms with E-state index in [0.29, 0.717) is 4.70 Å². The van der Waals surface area contributed by atoms with Crippen LogP contribution in [0.1, 0.15) is 12.0 Å². The first-order valence-electron chi connectivity index (χ1n) is 3.74. The number of halogens is 4. The van der Waals surface area contributed by atoms with E-state index < -0.39 is 23.6 Å². The summed E-state index contributed by atoms with van der Waals surface area (Å²) in [5.41, 5.74) is -0.877. The lowest BCUT2D eigenvalue weighted by molar-refractivity contribution is 0.145. The van der Waals surface area contributed by atoms with E-state index in [1.165, 1.54) is 11.4 Å². The molecule has 0 saturated carbocycles. The van der Waals surface area contributed by atoms with E-state index in [9.17, 15) is 17.6 Å². The quantitative estimate of drug-likeness (QED) is 0.634. The van der Waals surface area contributed by atoms with Crippen LogP contribution >= 0.6 is 11.3 Å². The predicted octanol–water partition coefficient (Wildman–Crippen LogP) is 4.12. The molecule has 0 atom stereocenters. The highest BCUT2D eigenvalue weighted by molar-refractivity contribution is 7.17. The zero-order chi connectivity index (χ0) is 10.3. The molecule has 2 rings (SSSR count). The van der Waals surface area contributed by atoms with E-state index in [1.807, 2.05) is 0 Å². The Hall–Kier alpha value is -1.10. The molecule has 0 N–H and O–H groups in total. The SMILES string of the molecule is Fc1c(C(F)F)cc2sccc2c1F. The minimum absolute atomic E-state index is 0.0527. The zero-order valence-corrected chi connectivity index (χ0v) is 7.55. The highest BCUT2D eigenvalue weighted by atomic mass is 32.1. The minimum atomic E-state index is -2.99. The number of benzene rings is 1. The van der Waals surface area contributed by atoms with Crippen molar-refractivity contribution in [3.8, 4) is 0 Å². The third-order valence-corrected chi connectivity index (χ3v) is 2.76. The van der Waals surface area contributed by atoms with Crippen LogP contribution in [0.3, 0.4) is 0 Å². The second kappa shape index (κ2) is 3.24. The smallest absolute Gasteiger partial charge is 0.205 e. The maximum atomic E-state index is 13.2. The van der Waals surface area contributed by atoms with Crippen LogP contribution in [0.5, 0.6) is 0 Å². The van der Waals surface area contributed by atoms with Gasteiger partial charge >= 0.3 is 0 Å². The first-order valence-corrected chi connectivity index (χ1v) is 4.62. The number of hydrogen-bond donors (Lipinski definition) is 0. The molecule has 0 radical (unpaired) electrons.